The van der Waals surface area contributed by atoms with Gasteiger partial charge in [-0.2, -0.15) is 5.10 Å². The Morgan fingerprint density at radius 2 is 1.97 bits per heavy atom. The number of ether oxygens (including phenoxy) is 1. The van der Waals surface area contributed by atoms with E-state index >= 15 is 0 Å². The summed E-state index contributed by atoms with van der Waals surface area (Å²) in [6.45, 7) is 3.65. The minimum Gasteiger partial charge on any atom is -0.504 e. The van der Waals surface area contributed by atoms with Crippen molar-refractivity contribution in [3.8, 4) is 11.5 Å². The number of aromatic hydroxyl groups is 1. The number of benzene rings is 2. The third-order valence-corrected chi connectivity index (χ3v) is 4.22. The van der Waals surface area contributed by atoms with Crippen LogP contribution in [0.5, 0.6) is 11.5 Å². The highest BCUT2D eigenvalue weighted by Gasteiger charge is 2.10. The van der Waals surface area contributed by atoms with Gasteiger partial charge < -0.3 is 15.2 Å². The zero-order chi connectivity index (χ0) is 21.2. The summed E-state index contributed by atoms with van der Waals surface area (Å²) < 4.78 is 5.14. The first-order valence-corrected chi connectivity index (χ1v) is 9.19. The first-order valence-electron chi connectivity index (χ1n) is 8.81. The number of nitrogens with one attached hydrogen (secondary N) is 2. The third kappa shape index (κ3) is 6.65. The monoisotopic (exact) mass is 415 g/mol. The van der Waals surface area contributed by atoms with Gasteiger partial charge >= 0.3 is 0 Å². The van der Waals surface area contributed by atoms with Crippen LogP contribution in [0.25, 0.3) is 0 Å². The minimum atomic E-state index is -0.410. The number of halogens is 1. The molecule has 0 aromatic heterocycles. The van der Waals surface area contributed by atoms with Crippen molar-refractivity contribution in [1.82, 2.24) is 5.43 Å². The Kier molecular flexibility index (Phi) is 8.24. The first-order chi connectivity index (χ1) is 13.9. The molecule has 0 bridgehead atoms. The lowest BCUT2D eigenvalue weighted by Crippen LogP contribution is -2.20. The number of allylic oxidation sites excluding steroid dienone is 1. The Labute approximate surface area is 174 Å². The summed E-state index contributed by atoms with van der Waals surface area (Å²) in [6, 6.07) is 10.2. The van der Waals surface area contributed by atoms with Gasteiger partial charge in [0, 0.05) is 18.4 Å². The van der Waals surface area contributed by atoms with Crippen molar-refractivity contribution >= 4 is 35.3 Å². The molecule has 0 fully saturated rings. The fourth-order valence-electron chi connectivity index (χ4n) is 2.47. The Morgan fingerprint density at radius 1 is 1.24 bits per heavy atom. The SMILES string of the molecule is C=CCc1cc(/C=N/NC(=O)CCC(=O)Nc2ccccc2Cl)cc(OC)c1O. The van der Waals surface area contributed by atoms with Crippen LogP contribution in [0.4, 0.5) is 5.69 Å². The second kappa shape index (κ2) is 10.9. The molecule has 29 heavy (non-hydrogen) atoms. The standard InChI is InChI=1S/C21H22ClN3O4/c1-3-6-15-11-14(12-18(29-2)21(15)28)13-23-25-20(27)10-9-19(26)24-17-8-5-4-7-16(17)22/h3-5,7-8,11-13,28H,1,6,9-10H2,2H3,(H,24,26)(H,25,27)/b23-13+. The van der Waals surface area contributed by atoms with Gasteiger partial charge in [0.2, 0.25) is 11.8 Å². The molecule has 0 radical (unpaired) electrons. The quantitative estimate of drug-likeness (QED) is 0.330. The highest BCUT2D eigenvalue weighted by atomic mass is 35.5. The molecule has 7 nitrogen and oxygen atoms in total. The van der Waals surface area contributed by atoms with Crippen molar-refractivity contribution in [2.24, 2.45) is 5.10 Å². The molecular weight excluding hydrogens is 394 g/mol. The molecule has 2 rings (SSSR count). The van der Waals surface area contributed by atoms with E-state index in [2.05, 4.69) is 22.4 Å². The predicted octanol–water partition coefficient (Wildman–Crippen LogP) is 3.65. The largest absolute Gasteiger partial charge is 0.504 e. The molecule has 0 aliphatic heterocycles. The molecule has 3 N–H and O–H groups in total. The second-order valence-electron chi connectivity index (χ2n) is 6.04. The number of methoxy groups -OCH3 is 1. The zero-order valence-corrected chi connectivity index (χ0v) is 16.7. The number of hydrazone groups is 1. The van der Waals surface area contributed by atoms with E-state index in [0.717, 1.165) is 0 Å². The molecule has 0 heterocycles. The molecule has 0 unspecified atom stereocenters. The number of hydrogen-bond acceptors (Lipinski definition) is 5. The van der Waals surface area contributed by atoms with Gasteiger partial charge in [-0.15, -0.1) is 6.58 Å². The first kappa shape index (κ1) is 22.0. The lowest BCUT2D eigenvalue weighted by Gasteiger charge is -2.09. The number of phenols is 1. The van der Waals surface area contributed by atoms with Gasteiger partial charge in [-0.25, -0.2) is 5.43 Å². The molecular formula is C21H22ClN3O4. The summed E-state index contributed by atoms with van der Waals surface area (Å²) in [5, 5.41) is 17.0. The van der Waals surface area contributed by atoms with E-state index in [1.54, 1.807) is 42.5 Å². The van der Waals surface area contributed by atoms with Crippen LogP contribution < -0.4 is 15.5 Å². The summed E-state index contributed by atoms with van der Waals surface area (Å²) in [4.78, 5) is 23.8. The number of phenolic OH excluding ortho intramolecular Hbond substituents is 1. The average Bonchev–Trinajstić information content (AvgIpc) is 2.70. The molecule has 0 atom stereocenters. The van der Waals surface area contributed by atoms with Crippen LogP contribution in [0, 0.1) is 0 Å². The highest BCUT2D eigenvalue weighted by molar-refractivity contribution is 6.33. The summed E-state index contributed by atoms with van der Waals surface area (Å²) in [5.74, 6) is -0.395. The molecule has 2 aromatic rings. The number of rotatable bonds is 9. The van der Waals surface area contributed by atoms with Crippen LogP contribution in [0.2, 0.25) is 5.02 Å². The molecule has 0 saturated carbocycles. The fourth-order valence-corrected chi connectivity index (χ4v) is 2.65. The number of carbonyl (C=O) groups excluding carboxylic acids is 2. The van der Waals surface area contributed by atoms with Crippen molar-refractivity contribution < 1.29 is 19.4 Å². The topological polar surface area (TPSA) is 100 Å². The number of nitrogens with zero attached hydrogens (tertiary/aromatic N) is 1. The van der Waals surface area contributed by atoms with E-state index in [0.29, 0.717) is 34.0 Å². The molecule has 2 aromatic carbocycles. The molecule has 8 heteroatoms. The number of amides is 2. The molecule has 0 spiro atoms. The highest BCUT2D eigenvalue weighted by Crippen LogP contribution is 2.31. The lowest BCUT2D eigenvalue weighted by atomic mass is 10.1. The van der Waals surface area contributed by atoms with Crippen molar-refractivity contribution in [2.45, 2.75) is 19.3 Å². The molecule has 0 saturated heterocycles. The van der Waals surface area contributed by atoms with E-state index in [-0.39, 0.29) is 24.5 Å². The van der Waals surface area contributed by atoms with E-state index in [1.165, 1.54) is 13.3 Å². The molecule has 0 aliphatic carbocycles. The molecule has 152 valence electrons. The Hall–Kier alpha value is -3.32. The maximum atomic E-state index is 11.9. The van der Waals surface area contributed by atoms with Gasteiger partial charge in [0.1, 0.15) is 0 Å². The molecule has 2 amide bonds. The van der Waals surface area contributed by atoms with Gasteiger partial charge in [0.15, 0.2) is 11.5 Å². The Bertz CT molecular complexity index is 928. The maximum absolute atomic E-state index is 11.9. The number of anilines is 1. The number of hydrogen-bond donors (Lipinski definition) is 3. The van der Waals surface area contributed by atoms with Crippen molar-refractivity contribution in [2.75, 3.05) is 12.4 Å². The normalized spacial score (nSPS) is 10.6. The number of carbonyl (C=O) groups is 2. The van der Waals surface area contributed by atoms with Crippen LogP contribution >= 0.6 is 11.6 Å². The van der Waals surface area contributed by atoms with Gasteiger partial charge in [-0.1, -0.05) is 29.8 Å². The van der Waals surface area contributed by atoms with Crippen LogP contribution in [-0.2, 0) is 16.0 Å². The summed E-state index contributed by atoms with van der Waals surface area (Å²) in [5.41, 5.74) is 4.12. The van der Waals surface area contributed by atoms with E-state index < -0.39 is 5.91 Å². The Balaban J connectivity index is 1.88. The third-order valence-electron chi connectivity index (χ3n) is 3.89. The van der Waals surface area contributed by atoms with Crippen molar-refractivity contribution in [3.63, 3.8) is 0 Å². The van der Waals surface area contributed by atoms with E-state index in [1.807, 2.05) is 0 Å². The Morgan fingerprint density at radius 3 is 2.66 bits per heavy atom. The number of para-hydroxylation sites is 1. The van der Waals surface area contributed by atoms with E-state index in [4.69, 9.17) is 16.3 Å². The molecule has 0 aliphatic rings. The van der Waals surface area contributed by atoms with Crippen molar-refractivity contribution in [3.05, 3.63) is 65.2 Å². The van der Waals surface area contributed by atoms with Gasteiger partial charge in [0.25, 0.3) is 0 Å². The van der Waals surface area contributed by atoms with E-state index in [9.17, 15) is 14.7 Å². The van der Waals surface area contributed by atoms with Gasteiger partial charge in [0.05, 0.1) is 24.0 Å². The van der Waals surface area contributed by atoms with Crippen LogP contribution in [0.15, 0.2) is 54.2 Å². The lowest BCUT2D eigenvalue weighted by molar-refractivity contribution is -0.124. The predicted molar refractivity (Wildman–Crippen MR) is 114 cm³/mol. The van der Waals surface area contributed by atoms with Gasteiger partial charge in [-0.3, -0.25) is 9.59 Å². The average molecular weight is 416 g/mol. The summed E-state index contributed by atoms with van der Waals surface area (Å²) >= 11 is 5.98. The smallest absolute Gasteiger partial charge is 0.240 e. The minimum absolute atomic E-state index is 0.0108. The second-order valence-corrected chi connectivity index (χ2v) is 6.45. The van der Waals surface area contributed by atoms with Crippen molar-refractivity contribution in [1.29, 1.82) is 0 Å². The van der Waals surface area contributed by atoms with Crippen LogP contribution in [-0.4, -0.2) is 30.2 Å². The van der Waals surface area contributed by atoms with Gasteiger partial charge in [-0.05, 0) is 36.2 Å². The fraction of sp³-hybridized carbons (Fsp3) is 0.190. The maximum Gasteiger partial charge on any atom is 0.240 e. The van der Waals surface area contributed by atoms with Crippen LogP contribution in [0.3, 0.4) is 0 Å². The summed E-state index contributed by atoms with van der Waals surface area (Å²) in [7, 11) is 1.45. The van der Waals surface area contributed by atoms with Crippen LogP contribution in [0.1, 0.15) is 24.0 Å². The summed E-state index contributed by atoms with van der Waals surface area (Å²) in [6.07, 6.45) is 3.50. The zero-order valence-electron chi connectivity index (χ0n) is 15.9.